The maximum atomic E-state index is 11.5. The molecule has 4 nitrogen and oxygen atoms in total. The summed E-state index contributed by atoms with van der Waals surface area (Å²) in [5.41, 5.74) is 3.10. The van der Waals surface area contributed by atoms with Crippen LogP contribution in [0.1, 0.15) is 44.1 Å². The lowest BCUT2D eigenvalue weighted by Gasteiger charge is -2.12. The maximum absolute atomic E-state index is 11.5. The highest BCUT2D eigenvalue weighted by atomic mass is 16.6. The molecule has 1 aliphatic rings. The molecule has 1 aromatic carbocycles. The molecule has 0 amide bonds. The van der Waals surface area contributed by atoms with E-state index in [-0.39, 0.29) is 10.6 Å². The third-order valence-electron chi connectivity index (χ3n) is 4.03. The number of nitro groups is 1. The van der Waals surface area contributed by atoms with Gasteiger partial charge in [-0.3, -0.25) is 10.1 Å². The fraction of sp³-hybridized carbons (Fsp3) is 0.444. The van der Waals surface area contributed by atoms with Crippen molar-refractivity contribution in [3.63, 3.8) is 0 Å². The van der Waals surface area contributed by atoms with Crippen LogP contribution in [0.5, 0.6) is 0 Å². The molecule has 0 atom stereocenters. The molecule has 4 heteroatoms. The number of allylic oxidation sites excluding steroid dienone is 2. The van der Waals surface area contributed by atoms with Crippen LogP contribution in [-0.2, 0) is 0 Å². The lowest BCUT2D eigenvalue weighted by Crippen LogP contribution is -2.08. The summed E-state index contributed by atoms with van der Waals surface area (Å²) < 4.78 is 0. The number of rotatable bonds is 4. The van der Waals surface area contributed by atoms with E-state index in [2.05, 4.69) is 6.08 Å². The molecular weight excluding hydrogens is 276 g/mol. The van der Waals surface area contributed by atoms with Crippen molar-refractivity contribution in [3.05, 3.63) is 57.3 Å². The molecule has 2 rings (SSSR count). The number of hydrogen-bond acceptors (Lipinski definition) is 3. The Morgan fingerprint density at radius 2 is 1.82 bits per heavy atom. The Bertz CT molecular complexity index is 571. The van der Waals surface area contributed by atoms with Gasteiger partial charge >= 0.3 is 0 Å². The SMILES string of the molecule is CN(C)c1ccc(/C=C(/C2=C/CCCCCC2)[N+](=O)[O-])cc1. The van der Waals surface area contributed by atoms with Gasteiger partial charge in [0.2, 0.25) is 0 Å². The van der Waals surface area contributed by atoms with E-state index in [9.17, 15) is 10.1 Å². The van der Waals surface area contributed by atoms with E-state index < -0.39 is 0 Å². The highest BCUT2D eigenvalue weighted by Gasteiger charge is 2.18. The number of nitrogens with zero attached hydrogens (tertiary/aromatic N) is 2. The second-order valence-electron chi connectivity index (χ2n) is 5.95. The molecule has 0 aromatic heterocycles. The van der Waals surface area contributed by atoms with E-state index in [4.69, 9.17) is 0 Å². The quantitative estimate of drug-likeness (QED) is 0.600. The molecule has 0 saturated heterocycles. The first kappa shape index (κ1) is 16.3. The van der Waals surface area contributed by atoms with Crippen LogP contribution in [0, 0.1) is 10.1 Å². The lowest BCUT2D eigenvalue weighted by molar-refractivity contribution is -0.419. The topological polar surface area (TPSA) is 46.4 Å². The van der Waals surface area contributed by atoms with E-state index in [1.165, 1.54) is 12.8 Å². The van der Waals surface area contributed by atoms with Crippen molar-refractivity contribution in [1.82, 2.24) is 0 Å². The Kier molecular flexibility index (Phi) is 5.75. The summed E-state index contributed by atoms with van der Waals surface area (Å²) in [5, 5.41) is 11.5. The molecule has 22 heavy (non-hydrogen) atoms. The van der Waals surface area contributed by atoms with Crippen molar-refractivity contribution in [1.29, 1.82) is 0 Å². The molecular formula is C18H24N2O2. The molecule has 0 bridgehead atoms. The Balaban J connectivity index is 2.27. The molecule has 0 saturated carbocycles. The monoisotopic (exact) mass is 300 g/mol. The normalized spacial score (nSPS) is 18.8. The van der Waals surface area contributed by atoms with Crippen LogP contribution in [0.3, 0.4) is 0 Å². The van der Waals surface area contributed by atoms with Crippen LogP contribution in [0.2, 0.25) is 0 Å². The summed E-state index contributed by atoms with van der Waals surface area (Å²) in [5.74, 6) is 0. The fourth-order valence-electron chi connectivity index (χ4n) is 2.71. The number of benzene rings is 1. The zero-order valence-electron chi connectivity index (χ0n) is 13.4. The van der Waals surface area contributed by atoms with Gasteiger partial charge in [0.15, 0.2) is 0 Å². The van der Waals surface area contributed by atoms with Gasteiger partial charge in [0.1, 0.15) is 0 Å². The van der Waals surface area contributed by atoms with Crippen LogP contribution in [0.25, 0.3) is 6.08 Å². The first-order valence-electron chi connectivity index (χ1n) is 7.91. The minimum atomic E-state index is -0.243. The van der Waals surface area contributed by atoms with Gasteiger partial charge in [-0.25, -0.2) is 0 Å². The largest absolute Gasteiger partial charge is 0.378 e. The molecule has 0 aliphatic heterocycles. The fourth-order valence-corrected chi connectivity index (χ4v) is 2.71. The maximum Gasteiger partial charge on any atom is 0.272 e. The molecule has 0 heterocycles. The second-order valence-corrected chi connectivity index (χ2v) is 5.95. The Hall–Kier alpha value is -2.10. The van der Waals surface area contributed by atoms with E-state index in [1.807, 2.05) is 43.3 Å². The average Bonchev–Trinajstić information content (AvgIpc) is 2.45. The Morgan fingerprint density at radius 1 is 1.14 bits per heavy atom. The zero-order valence-corrected chi connectivity index (χ0v) is 13.4. The van der Waals surface area contributed by atoms with E-state index >= 15 is 0 Å². The molecule has 118 valence electrons. The molecule has 0 radical (unpaired) electrons. The van der Waals surface area contributed by atoms with E-state index in [0.29, 0.717) is 0 Å². The van der Waals surface area contributed by atoms with Crippen molar-refractivity contribution in [3.8, 4) is 0 Å². The van der Waals surface area contributed by atoms with Gasteiger partial charge in [-0.05, 0) is 43.4 Å². The summed E-state index contributed by atoms with van der Waals surface area (Å²) in [4.78, 5) is 13.2. The van der Waals surface area contributed by atoms with Gasteiger partial charge in [-0.2, -0.15) is 0 Å². The van der Waals surface area contributed by atoms with Gasteiger partial charge in [-0.15, -0.1) is 0 Å². The van der Waals surface area contributed by atoms with Crippen LogP contribution >= 0.6 is 0 Å². The number of anilines is 1. The minimum absolute atomic E-state index is 0.243. The van der Waals surface area contributed by atoms with Crippen molar-refractivity contribution >= 4 is 11.8 Å². The molecule has 0 fully saturated rings. The highest BCUT2D eigenvalue weighted by molar-refractivity contribution is 5.59. The summed E-state index contributed by atoms with van der Waals surface area (Å²) in [6, 6.07) is 7.83. The van der Waals surface area contributed by atoms with Crippen molar-refractivity contribution < 1.29 is 4.92 Å². The Labute approximate surface area is 132 Å². The molecule has 1 aromatic rings. The summed E-state index contributed by atoms with van der Waals surface area (Å²) >= 11 is 0. The van der Waals surface area contributed by atoms with Crippen molar-refractivity contribution in [2.75, 3.05) is 19.0 Å². The third-order valence-corrected chi connectivity index (χ3v) is 4.03. The lowest BCUT2D eigenvalue weighted by atomic mass is 9.97. The molecule has 0 N–H and O–H groups in total. The zero-order chi connectivity index (χ0) is 15.9. The van der Waals surface area contributed by atoms with Crippen LogP contribution in [0.15, 0.2) is 41.6 Å². The van der Waals surface area contributed by atoms with Crippen LogP contribution in [0.4, 0.5) is 5.69 Å². The van der Waals surface area contributed by atoms with Crippen molar-refractivity contribution in [2.45, 2.75) is 38.5 Å². The van der Waals surface area contributed by atoms with E-state index in [1.54, 1.807) is 6.08 Å². The first-order chi connectivity index (χ1) is 10.6. The molecule has 1 aliphatic carbocycles. The molecule has 0 spiro atoms. The second kappa shape index (κ2) is 7.78. The van der Waals surface area contributed by atoms with Gasteiger partial charge in [0, 0.05) is 31.4 Å². The van der Waals surface area contributed by atoms with Crippen LogP contribution < -0.4 is 4.90 Å². The standard InChI is InChI=1S/C18H24N2O2/c1-19(2)17-12-10-15(11-13-17)14-18(20(21)22)16-8-6-4-3-5-7-9-16/h8,10-14H,3-7,9H2,1-2H3/b16-8+,18-14-. The van der Waals surface area contributed by atoms with Gasteiger partial charge in [0.05, 0.1) is 4.92 Å². The smallest absolute Gasteiger partial charge is 0.272 e. The van der Waals surface area contributed by atoms with E-state index in [0.717, 1.165) is 42.5 Å². The average molecular weight is 300 g/mol. The predicted molar refractivity (Wildman–Crippen MR) is 91.5 cm³/mol. The van der Waals surface area contributed by atoms with Gasteiger partial charge in [0.25, 0.3) is 5.70 Å². The van der Waals surface area contributed by atoms with Gasteiger partial charge < -0.3 is 4.90 Å². The van der Waals surface area contributed by atoms with Gasteiger partial charge in [-0.1, -0.05) is 31.1 Å². The summed E-state index contributed by atoms with van der Waals surface area (Å²) in [6.07, 6.45) is 10.1. The number of hydrogen-bond donors (Lipinski definition) is 0. The molecule has 0 unspecified atom stereocenters. The Morgan fingerprint density at radius 3 is 2.45 bits per heavy atom. The minimum Gasteiger partial charge on any atom is -0.378 e. The first-order valence-corrected chi connectivity index (χ1v) is 7.91. The predicted octanol–water partition coefficient (Wildman–Crippen LogP) is 4.65. The summed E-state index contributed by atoms with van der Waals surface area (Å²) in [6.45, 7) is 0. The van der Waals surface area contributed by atoms with Crippen molar-refractivity contribution in [2.24, 2.45) is 0 Å². The summed E-state index contributed by atoms with van der Waals surface area (Å²) in [7, 11) is 3.96. The highest BCUT2D eigenvalue weighted by Crippen LogP contribution is 2.25. The third kappa shape index (κ3) is 4.45. The van der Waals surface area contributed by atoms with Crippen LogP contribution in [-0.4, -0.2) is 19.0 Å².